The Bertz CT molecular complexity index is 482. The van der Waals surface area contributed by atoms with Gasteiger partial charge < -0.3 is 10.8 Å². The Morgan fingerprint density at radius 3 is 2.16 bits per heavy atom. The Kier molecular flexibility index (Phi) is 3.09. The highest BCUT2D eigenvalue weighted by Crippen LogP contribution is 2.55. The number of aliphatic hydroxyl groups is 1. The van der Waals surface area contributed by atoms with E-state index in [-0.39, 0.29) is 0 Å². The third-order valence-electron chi connectivity index (χ3n) is 3.71. The van der Waals surface area contributed by atoms with E-state index in [0.29, 0.717) is 18.4 Å². The number of carbonyl (C=O) groups is 1. The maximum absolute atomic E-state index is 12.9. The highest BCUT2D eigenvalue weighted by molar-refractivity contribution is 5.84. The average molecular weight is 273 g/mol. The number of amides is 1. The molecule has 104 valence electrons. The van der Waals surface area contributed by atoms with E-state index in [9.17, 15) is 23.1 Å². The third-order valence-corrected chi connectivity index (χ3v) is 3.71. The average Bonchev–Trinajstić information content (AvgIpc) is 3.09. The highest BCUT2D eigenvalue weighted by atomic mass is 19.4. The molecule has 0 aromatic heterocycles. The van der Waals surface area contributed by atoms with E-state index in [2.05, 4.69) is 0 Å². The van der Waals surface area contributed by atoms with Crippen LogP contribution in [-0.2, 0) is 10.2 Å². The first-order valence-electron chi connectivity index (χ1n) is 5.86. The molecule has 0 heterocycles. The summed E-state index contributed by atoms with van der Waals surface area (Å²) in [7, 11) is 0. The van der Waals surface area contributed by atoms with Gasteiger partial charge in [0.1, 0.15) is 0 Å². The molecular weight excluding hydrogens is 259 g/mol. The lowest BCUT2D eigenvalue weighted by atomic mass is 9.82. The summed E-state index contributed by atoms with van der Waals surface area (Å²) in [5.41, 5.74) is 1.18. The number of alkyl halides is 3. The van der Waals surface area contributed by atoms with Crippen molar-refractivity contribution in [2.24, 2.45) is 5.73 Å². The lowest BCUT2D eigenvalue weighted by molar-refractivity contribution is -0.254. The van der Waals surface area contributed by atoms with Crippen LogP contribution in [0.4, 0.5) is 13.2 Å². The molecule has 0 bridgehead atoms. The van der Waals surface area contributed by atoms with Crippen LogP contribution in [0.2, 0.25) is 0 Å². The first-order chi connectivity index (χ1) is 8.71. The maximum atomic E-state index is 12.9. The molecule has 1 unspecified atom stereocenters. The van der Waals surface area contributed by atoms with Crippen molar-refractivity contribution < 1.29 is 23.1 Å². The van der Waals surface area contributed by atoms with Crippen molar-refractivity contribution in [2.75, 3.05) is 0 Å². The van der Waals surface area contributed by atoms with Crippen molar-refractivity contribution in [3.63, 3.8) is 0 Å². The molecular formula is C13H14F3NO2. The molecule has 1 aromatic rings. The summed E-state index contributed by atoms with van der Waals surface area (Å²) in [5.74, 6) is -1.75. The number of benzene rings is 1. The zero-order valence-electron chi connectivity index (χ0n) is 10.1. The van der Waals surface area contributed by atoms with Crippen LogP contribution in [0.15, 0.2) is 30.3 Å². The van der Waals surface area contributed by atoms with Gasteiger partial charge in [0.15, 0.2) is 0 Å². The summed E-state index contributed by atoms with van der Waals surface area (Å²) in [6, 6.07) is 8.58. The summed E-state index contributed by atoms with van der Waals surface area (Å²) in [5, 5.41) is 9.66. The Morgan fingerprint density at radius 1 is 1.26 bits per heavy atom. The van der Waals surface area contributed by atoms with E-state index in [4.69, 9.17) is 5.73 Å². The van der Waals surface area contributed by atoms with Crippen molar-refractivity contribution >= 4 is 5.91 Å². The molecule has 1 aromatic carbocycles. The molecule has 0 radical (unpaired) electrons. The molecule has 0 saturated heterocycles. The summed E-state index contributed by atoms with van der Waals surface area (Å²) in [6.45, 7) is 0. The zero-order chi connectivity index (χ0) is 14.3. The summed E-state index contributed by atoms with van der Waals surface area (Å²) >= 11 is 0. The molecule has 6 heteroatoms. The van der Waals surface area contributed by atoms with Crippen molar-refractivity contribution in [2.45, 2.75) is 36.5 Å². The van der Waals surface area contributed by atoms with E-state index in [1.807, 2.05) is 0 Å². The molecule has 1 amide bonds. The largest absolute Gasteiger partial charge is 0.426 e. The van der Waals surface area contributed by atoms with Gasteiger partial charge in [-0.1, -0.05) is 30.3 Å². The van der Waals surface area contributed by atoms with E-state index in [1.165, 1.54) is 0 Å². The van der Waals surface area contributed by atoms with Crippen molar-refractivity contribution in [3.8, 4) is 0 Å². The van der Waals surface area contributed by atoms with Gasteiger partial charge >= 0.3 is 6.18 Å². The van der Waals surface area contributed by atoms with Gasteiger partial charge in [-0.25, -0.2) is 0 Å². The second-order valence-corrected chi connectivity index (χ2v) is 5.05. The standard InChI is InChI=1S/C13H14F3NO2/c14-13(15,16)12(19,10(17)18)8-11(6-7-11)9-4-2-1-3-5-9/h1-5,19H,6-8H2,(H2,17,18). The van der Waals surface area contributed by atoms with Crippen LogP contribution in [0.1, 0.15) is 24.8 Å². The first kappa shape index (κ1) is 13.9. The number of rotatable bonds is 4. The molecule has 0 aliphatic heterocycles. The minimum absolute atomic E-state index is 0.503. The number of halogens is 3. The fraction of sp³-hybridized carbons (Fsp3) is 0.462. The fourth-order valence-corrected chi connectivity index (χ4v) is 2.33. The number of hydrogen-bond acceptors (Lipinski definition) is 2. The normalized spacial score (nSPS) is 20.6. The number of primary amides is 1. The molecule has 1 saturated carbocycles. The van der Waals surface area contributed by atoms with Gasteiger partial charge in [-0.2, -0.15) is 13.2 Å². The molecule has 2 rings (SSSR count). The van der Waals surface area contributed by atoms with Crippen LogP contribution >= 0.6 is 0 Å². The SMILES string of the molecule is NC(=O)C(O)(CC1(c2ccccc2)CC1)C(F)(F)F. The van der Waals surface area contributed by atoms with Gasteiger partial charge in [0, 0.05) is 6.42 Å². The van der Waals surface area contributed by atoms with Crippen molar-refractivity contribution in [1.82, 2.24) is 0 Å². The monoisotopic (exact) mass is 273 g/mol. The van der Waals surface area contributed by atoms with Crippen LogP contribution in [0.3, 0.4) is 0 Å². The van der Waals surface area contributed by atoms with Gasteiger partial charge in [0.05, 0.1) is 0 Å². The minimum Gasteiger partial charge on any atom is -0.373 e. The lowest BCUT2D eigenvalue weighted by Crippen LogP contribution is -2.57. The van der Waals surface area contributed by atoms with Crippen LogP contribution < -0.4 is 5.73 Å². The highest BCUT2D eigenvalue weighted by Gasteiger charge is 2.64. The van der Waals surface area contributed by atoms with E-state index < -0.39 is 29.5 Å². The predicted octanol–water partition coefficient (Wildman–Crippen LogP) is 1.89. The van der Waals surface area contributed by atoms with E-state index >= 15 is 0 Å². The van der Waals surface area contributed by atoms with Gasteiger partial charge in [0.2, 0.25) is 5.60 Å². The Hall–Kier alpha value is -1.56. The van der Waals surface area contributed by atoms with Gasteiger partial charge in [-0.15, -0.1) is 0 Å². The summed E-state index contributed by atoms with van der Waals surface area (Å²) in [4.78, 5) is 11.1. The summed E-state index contributed by atoms with van der Waals surface area (Å²) < 4.78 is 38.6. The molecule has 1 aliphatic rings. The Morgan fingerprint density at radius 2 is 1.79 bits per heavy atom. The second-order valence-electron chi connectivity index (χ2n) is 5.05. The van der Waals surface area contributed by atoms with Crippen LogP contribution in [0.5, 0.6) is 0 Å². The molecule has 19 heavy (non-hydrogen) atoms. The van der Waals surface area contributed by atoms with Crippen LogP contribution in [0.25, 0.3) is 0 Å². The first-order valence-corrected chi connectivity index (χ1v) is 5.86. The van der Waals surface area contributed by atoms with E-state index in [1.54, 1.807) is 30.3 Å². The zero-order valence-corrected chi connectivity index (χ0v) is 10.1. The fourth-order valence-electron chi connectivity index (χ4n) is 2.33. The lowest BCUT2D eigenvalue weighted by Gasteiger charge is -2.31. The topological polar surface area (TPSA) is 63.3 Å². The number of carbonyl (C=O) groups excluding carboxylic acids is 1. The Labute approximate surface area is 108 Å². The number of nitrogens with two attached hydrogens (primary N) is 1. The molecule has 3 nitrogen and oxygen atoms in total. The van der Waals surface area contributed by atoms with Crippen molar-refractivity contribution in [3.05, 3.63) is 35.9 Å². The minimum atomic E-state index is -5.07. The molecule has 1 fully saturated rings. The molecule has 0 spiro atoms. The Balaban J connectivity index is 2.32. The quantitative estimate of drug-likeness (QED) is 0.880. The predicted molar refractivity (Wildman–Crippen MR) is 62.2 cm³/mol. The third kappa shape index (κ3) is 2.32. The van der Waals surface area contributed by atoms with Crippen LogP contribution in [-0.4, -0.2) is 22.8 Å². The van der Waals surface area contributed by atoms with Gasteiger partial charge in [0.25, 0.3) is 5.91 Å². The number of hydrogen-bond donors (Lipinski definition) is 2. The van der Waals surface area contributed by atoms with Crippen molar-refractivity contribution in [1.29, 1.82) is 0 Å². The van der Waals surface area contributed by atoms with Gasteiger partial charge in [-0.05, 0) is 23.8 Å². The van der Waals surface area contributed by atoms with Crippen LogP contribution in [0, 0.1) is 0 Å². The molecule has 1 atom stereocenters. The molecule has 3 N–H and O–H groups in total. The molecule has 1 aliphatic carbocycles. The van der Waals surface area contributed by atoms with E-state index in [0.717, 1.165) is 0 Å². The smallest absolute Gasteiger partial charge is 0.373 e. The van der Waals surface area contributed by atoms with Gasteiger partial charge in [-0.3, -0.25) is 4.79 Å². The second kappa shape index (κ2) is 4.23. The summed E-state index contributed by atoms with van der Waals surface area (Å²) in [6.07, 6.45) is -4.78. The maximum Gasteiger partial charge on any atom is 0.426 e.